The SMILES string of the molecule is CC(=O)Nc1cccc(Nc2ccc(NC(=O)c3cccc(Cl)c3)nc2)c1. The predicted octanol–water partition coefficient (Wildman–Crippen LogP) is 4.69. The van der Waals surface area contributed by atoms with Crippen molar-refractivity contribution in [3.63, 3.8) is 0 Å². The Morgan fingerprint density at radius 1 is 0.889 bits per heavy atom. The molecule has 0 bridgehead atoms. The lowest BCUT2D eigenvalue weighted by molar-refractivity contribution is -0.114. The van der Waals surface area contributed by atoms with Crippen LogP contribution in [0.15, 0.2) is 66.9 Å². The van der Waals surface area contributed by atoms with Gasteiger partial charge in [0.25, 0.3) is 5.91 Å². The van der Waals surface area contributed by atoms with Crippen LogP contribution in [0, 0.1) is 0 Å². The Morgan fingerprint density at radius 3 is 2.37 bits per heavy atom. The van der Waals surface area contributed by atoms with Gasteiger partial charge in [0.05, 0.1) is 11.9 Å². The van der Waals surface area contributed by atoms with Gasteiger partial charge in [-0.1, -0.05) is 23.7 Å². The normalized spacial score (nSPS) is 10.1. The molecule has 27 heavy (non-hydrogen) atoms. The van der Waals surface area contributed by atoms with E-state index in [4.69, 9.17) is 11.6 Å². The molecule has 1 heterocycles. The van der Waals surface area contributed by atoms with E-state index >= 15 is 0 Å². The molecular weight excluding hydrogens is 364 g/mol. The number of carbonyl (C=O) groups is 2. The van der Waals surface area contributed by atoms with Crippen molar-refractivity contribution < 1.29 is 9.59 Å². The smallest absolute Gasteiger partial charge is 0.256 e. The summed E-state index contributed by atoms with van der Waals surface area (Å²) < 4.78 is 0. The Bertz CT molecular complexity index is 974. The van der Waals surface area contributed by atoms with Crippen molar-refractivity contribution in [3.05, 3.63) is 77.4 Å². The van der Waals surface area contributed by atoms with Crippen LogP contribution in [-0.4, -0.2) is 16.8 Å². The molecule has 0 saturated carbocycles. The molecule has 136 valence electrons. The van der Waals surface area contributed by atoms with E-state index in [9.17, 15) is 9.59 Å². The first kappa shape index (κ1) is 18.4. The number of nitrogens with zero attached hydrogens (tertiary/aromatic N) is 1. The van der Waals surface area contributed by atoms with Crippen molar-refractivity contribution in [2.75, 3.05) is 16.0 Å². The van der Waals surface area contributed by atoms with Crippen molar-refractivity contribution in [3.8, 4) is 0 Å². The summed E-state index contributed by atoms with van der Waals surface area (Å²) in [6, 6.07) is 17.5. The molecule has 0 aliphatic heterocycles. The minimum atomic E-state index is -0.284. The third-order valence-electron chi connectivity index (χ3n) is 3.56. The Hall–Kier alpha value is -3.38. The minimum absolute atomic E-state index is 0.131. The second kappa shape index (κ2) is 8.33. The Kier molecular flexibility index (Phi) is 5.68. The molecule has 7 heteroatoms. The van der Waals surface area contributed by atoms with Gasteiger partial charge in [0.1, 0.15) is 5.82 Å². The largest absolute Gasteiger partial charge is 0.354 e. The van der Waals surface area contributed by atoms with Gasteiger partial charge in [-0.05, 0) is 48.5 Å². The quantitative estimate of drug-likeness (QED) is 0.599. The number of amides is 2. The number of nitrogens with one attached hydrogen (secondary N) is 3. The minimum Gasteiger partial charge on any atom is -0.354 e. The van der Waals surface area contributed by atoms with Crippen LogP contribution in [-0.2, 0) is 4.79 Å². The topological polar surface area (TPSA) is 83.1 Å². The molecule has 0 unspecified atom stereocenters. The standard InChI is InChI=1S/C20H17ClN4O2/c1-13(26)23-16-6-3-7-17(11-16)24-18-8-9-19(22-12-18)25-20(27)14-4-2-5-15(21)10-14/h2-12,24H,1H3,(H,23,26)(H,22,25,27). The second-order valence-electron chi connectivity index (χ2n) is 5.78. The molecule has 2 aromatic carbocycles. The van der Waals surface area contributed by atoms with E-state index in [0.717, 1.165) is 11.4 Å². The maximum atomic E-state index is 12.2. The molecular formula is C20H17ClN4O2. The van der Waals surface area contributed by atoms with Gasteiger partial charge in [-0.25, -0.2) is 4.98 Å². The van der Waals surface area contributed by atoms with Crippen molar-refractivity contribution in [1.29, 1.82) is 0 Å². The number of halogens is 1. The number of anilines is 4. The zero-order chi connectivity index (χ0) is 19.2. The van der Waals surface area contributed by atoms with E-state index in [0.29, 0.717) is 22.1 Å². The van der Waals surface area contributed by atoms with Crippen LogP contribution in [0.5, 0.6) is 0 Å². The summed E-state index contributed by atoms with van der Waals surface area (Å²) in [5.41, 5.74) is 2.71. The van der Waals surface area contributed by atoms with E-state index < -0.39 is 0 Å². The fourth-order valence-corrected chi connectivity index (χ4v) is 2.59. The first-order valence-corrected chi connectivity index (χ1v) is 8.55. The number of carbonyl (C=O) groups excluding carboxylic acids is 2. The van der Waals surface area contributed by atoms with E-state index in [-0.39, 0.29) is 11.8 Å². The van der Waals surface area contributed by atoms with Crippen LogP contribution < -0.4 is 16.0 Å². The number of rotatable bonds is 5. The lowest BCUT2D eigenvalue weighted by atomic mass is 10.2. The Balaban J connectivity index is 1.65. The highest BCUT2D eigenvalue weighted by molar-refractivity contribution is 6.31. The van der Waals surface area contributed by atoms with E-state index in [1.54, 1.807) is 48.7 Å². The van der Waals surface area contributed by atoms with E-state index in [2.05, 4.69) is 20.9 Å². The van der Waals surface area contributed by atoms with Gasteiger partial charge >= 0.3 is 0 Å². The second-order valence-corrected chi connectivity index (χ2v) is 6.22. The fraction of sp³-hybridized carbons (Fsp3) is 0.0500. The molecule has 3 N–H and O–H groups in total. The van der Waals surface area contributed by atoms with Crippen LogP contribution in [0.25, 0.3) is 0 Å². The monoisotopic (exact) mass is 380 g/mol. The van der Waals surface area contributed by atoms with Crippen LogP contribution in [0.2, 0.25) is 5.02 Å². The highest BCUT2D eigenvalue weighted by Gasteiger charge is 2.07. The zero-order valence-electron chi connectivity index (χ0n) is 14.5. The van der Waals surface area contributed by atoms with Gasteiger partial charge in [-0.15, -0.1) is 0 Å². The molecule has 0 aliphatic carbocycles. The average molecular weight is 381 g/mol. The van der Waals surface area contributed by atoms with Crippen LogP contribution >= 0.6 is 11.6 Å². The number of benzene rings is 2. The number of aromatic nitrogens is 1. The first-order chi connectivity index (χ1) is 13.0. The summed E-state index contributed by atoms with van der Waals surface area (Å²) in [6.07, 6.45) is 1.61. The molecule has 1 aromatic heterocycles. The molecule has 2 amide bonds. The Morgan fingerprint density at radius 2 is 1.67 bits per heavy atom. The highest BCUT2D eigenvalue weighted by atomic mass is 35.5. The van der Waals surface area contributed by atoms with E-state index in [1.165, 1.54) is 6.92 Å². The van der Waals surface area contributed by atoms with Crippen molar-refractivity contribution in [2.45, 2.75) is 6.92 Å². The van der Waals surface area contributed by atoms with E-state index in [1.807, 2.05) is 18.2 Å². The van der Waals surface area contributed by atoms with Crippen molar-refractivity contribution in [2.24, 2.45) is 0 Å². The zero-order valence-corrected chi connectivity index (χ0v) is 15.2. The van der Waals surface area contributed by atoms with Gasteiger partial charge in [0, 0.05) is 28.9 Å². The predicted molar refractivity (Wildman–Crippen MR) is 108 cm³/mol. The van der Waals surface area contributed by atoms with Crippen LogP contribution in [0.4, 0.5) is 22.9 Å². The summed E-state index contributed by atoms with van der Waals surface area (Å²) in [4.78, 5) is 27.6. The number of hydrogen-bond donors (Lipinski definition) is 3. The fourth-order valence-electron chi connectivity index (χ4n) is 2.40. The third-order valence-corrected chi connectivity index (χ3v) is 3.80. The number of hydrogen-bond acceptors (Lipinski definition) is 4. The first-order valence-electron chi connectivity index (χ1n) is 8.17. The summed E-state index contributed by atoms with van der Waals surface area (Å²) >= 11 is 5.90. The van der Waals surface area contributed by atoms with Crippen molar-refractivity contribution in [1.82, 2.24) is 4.98 Å². The number of pyridine rings is 1. The molecule has 0 fully saturated rings. The maximum Gasteiger partial charge on any atom is 0.256 e. The average Bonchev–Trinajstić information content (AvgIpc) is 2.63. The maximum absolute atomic E-state index is 12.2. The van der Waals surface area contributed by atoms with Crippen molar-refractivity contribution >= 4 is 46.3 Å². The Labute approximate surface area is 161 Å². The summed E-state index contributed by atoms with van der Waals surface area (Å²) in [7, 11) is 0. The van der Waals surface area contributed by atoms with Gasteiger partial charge in [0.2, 0.25) is 5.91 Å². The molecule has 6 nitrogen and oxygen atoms in total. The summed E-state index contributed by atoms with van der Waals surface area (Å²) in [5, 5.41) is 9.14. The van der Waals surface area contributed by atoms with Gasteiger partial charge in [-0.3, -0.25) is 9.59 Å². The molecule has 3 rings (SSSR count). The van der Waals surface area contributed by atoms with Gasteiger partial charge in [-0.2, -0.15) is 0 Å². The highest BCUT2D eigenvalue weighted by Crippen LogP contribution is 2.21. The molecule has 0 saturated heterocycles. The van der Waals surface area contributed by atoms with Crippen LogP contribution in [0.3, 0.4) is 0 Å². The molecule has 3 aromatic rings. The van der Waals surface area contributed by atoms with Crippen LogP contribution in [0.1, 0.15) is 17.3 Å². The summed E-state index contributed by atoms with van der Waals surface area (Å²) in [6.45, 7) is 1.46. The lowest BCUT2D eigenvalue weighted by Crippen LogP contribution is -2.12. The molecule has 0 atom stereocenters. The molecule has 0 aliphatic rings. The van der Waals surface area contributed by atoms with Gasteiger partial charge in [0.15, 0.2) is 0 Å². The summed E-state index contributed by atoms with van der Waals surface area (Å²) in [5.74, 6) is 0.0138. The van der Waals surface area contributed by atoms with Gasteiger partial charge < -0.3 is 16.0 Å². The lowest BCUT2D eigenvalue weighted by Gasteiger charge is -2.10. The molecule has 0 radical (unpaired) electrons. The third kappa shape index (κ3) is 5.29. The molecule has 0 spiro atoms.